The second-order valence-corrected chi connectivity index (χ2v) is 11.3. The maximum Gasteiger partial charge on any atom is 0.459 e. The molecule has 5 N–H and O–H groups in total. The molecule has 220 valence electrons. The van der Waals surface area contributed by atoms with Gasteiger partial charge in [0.05, 0.1) is 18.9 Å². The summed E-state index contributed by atoms with van der Waals surface area (Å²) in [7, 11) is -4.38. The summed E-state index contributed by atoms with van der Waals surface area (Å²) >= 11 is 0. The third kappa shape index (κ3) is 5.30. The Balaban J connectivity index is 1.43. The fourth-order valence-corrected chi connectivity index (χ4v) is 6.29. The lowest BCUT2D eigenvalue weighted by atomic mass is 9.92. The van der Waals surface area contributed by atoms with Crippen molar-refractivity contribution in [3.8, 4) is 11.8 Å². The number of benzene rings is 2. The van der Waals surface area contributed by atoms with Gasteiger partial charge in [0.2, 0.25) is 5.60 Å². The molecule has 0 amide bonds. The first-order valence-corrected chi connectivity index (χ1v) is 14.6. The molecule has 0 saturated carbocycles. The van der Waals surface area contributed by atoms with Gasteiger partial charge in [-0.3, -0.25) is 9.32 Å². The van der Waals surface area contributed by atoms with Crippen molar-refractivity contribution >= 4 is 35.8 Å². The molecule has 42 heavy (non-hydrogen) atoms. The third-order valence-corrected chi connectivity index (χ3v) is 8.49. The van der Waals surface area contributed by atoms with Crippen molar-refractivity contribution < 1.29 is 38.1 Å². The standard InChI is InChI=1S/C27H29N6O8P/c1-3-38-26(36)16(2)32-42(37,41-20-10-6-8-17-7-4-5-9-18(17)20)39-13-21-23(34)24(35)27(14-28,40-21)22-12-11-19-25(29)30-15-31-33(19)22/h4-12,15-16,21,23-24,34-35H,3,13H2,1-2H3,(H,32,37)(H2,29,30,31)/t16-,21+,23+,24+,27-,42?/m0/s1. The number of aliphatic hydroxyl groups is 2. The van der Waals surface area contributed by atoms with Gasteiger partial charge in [-0.1, -0.05) is 36.4 Å². The molecule has 14 nitrogen and oxygen atoms in total. The second-order valence-electron chi connectivity index (χ2n) is 9.56. The minimum Gasteiger partial charge on any atom is -0.465 e. The van der Waals surface area contributed by atoms with Crippen LogP contribution in [0.15, 0.2) is 60.9 Å². The predicted molar refractivity (Wildman–Crippen MR) is 149 cm³/mol. The number of aromatic nitrogens is 3. The number of ether oxygens (including phenoxy) is 2. The third-order valence-electron chi connectivity index (χ3n) is 6.86. The number of hydrogen-bond acceptors (Lipinski definition) is 12. The van der Waals surface area contributed by atoms with E-state index in [2.05, 4.69) is 15.2 Å². The molecular weight excluding hydrogens is 567 g/mol. The van der Waals surface area contributed by atoms with Crippen LogP contribution in [0.1, 0.15) is 19.5 Å². The summed E-state index contributed by atoms with van der Waals surface area (Å²) in [6, 6.07) is 16.2. The number of anilines is 1. The number of hydrogen-bond donors (Lipinski definition) is 4. The molecule has 15 heteroatoms. The number of aliphatic hydroxyl groups excluding tert-OH is 2. The average molecular weight is 597 g/mol. The molecule has 1 saturated heterocycles. The van der Waals surface area contributed by atoms with Crippen LogP contribution in [0, 0.1) is 11.3 Å². The van der Waals surface area contributed by atoms with Gasteiger partial charge in [0.25, 0.3) is 0 Å². The topological polar surface area (TPSA) is 204 Å². The number of nitriles is 1. The van der Waals surface area contributed by atoms with E-state index in [9.17, 15) is 24.8 Å². The van der Waals surface area contributed by atoms with Crippen LogP contribution in [-0.4, -0.2) is 68.3 Å². The largest absolute Gasteiger partial charge is 0.465 e. The number of rotatable bonds is 10. The normalized spacial score (nSPS) is 24.2. The van der Waals surface area contributed by atoms with Gasteiger partial charge in [-0.05, 0) is 37.4 Å². The molecular formula is C27H29N6O8P. The molecule has 0 aliphatic carbocycles. The van der Waals surface area contributed by atoms with Gasteiger partial charge in [-0.25, -0.2) is 14.1 Å². The maximum absolute atomic E-state index is 14.1. The van der Waals surface area contributed by atoms with E-state index >= 15 is 0 Å². The van der Waals surface area contributed by atoms with Crippen LogP contribution >= 0.6 is 7.75 Å². The van der Waals surface area contributed by atoms with Crippen LogP contribution in [0.2, 0.25) is 0 Å². The van der Waals surface area contributed by atoms with Gasteiger partial charge in [-0.15, -0.1) is 0 Å². The van der Waals surface area contributed by atoms with E-state index in [1.807, 2.05) is 24.3 Å². The summed E-state index contributed by atoms with van der Waals surface area (Å²) in [5, 5.41) is 40.2. The zero-order valence-electron chi connectivity index (χ0n) is 22.7. The van der Waals surface area contributed by atoms with Crippen LogP contribution in [-0.2, 0) is 29.0 Å². The maximum atomic E-state index is 14.1. The van der Waals surface area contributed by atoms with Crippen molar-refractivity contribution in [3.05, 3.63) is 66.6 Å². The SMILES string of the molecule is CCOC(=O)[C@H](C)NP(=O)(OC[C@H]1O[C@@](C#N)(c2ccc3c(N)ncnn23)[C@H](O)[C@@H]1O)Oc1cccc2ccccc12. The Labute approximate surface area is 240 Å². The molecule has 1 fully saturated rings. The fraction of sp³-hybridized carbons (Fsp3) is 0.333. The fourth-order valence-electron chi connectivity index (χ4n) is 4.77. The van der Waals surface area contributed by atoms with Crippen LogP contribution in [0.4, 0.5) is 5.82 Å². The second kappa shape index (κ2) is 11.7. The van der Waals surface area contributed by atoms with Gasteiger partial charge in [0, 0.05) is 5.39 Å². The summed E-state index contributed by atoms with van der Waals surface area (Å²) in [5.74, 6) is -0.359. The lowest BCUT2D eigenvalue weighted by molar-refractivity contribution is -0.144. The Morgan fingerprint density at radius 2 is 2.02 bits per heavy atom. The number of carbonyl (C=O) groups excluding carboxylic acids is 1. The van der Waals surface area contributed by atoms with E-state index in [-0.39, 0.29) is 23.9 Å². The smallest absolute Gasteiger partial charge is 0.459 e. The molecule has 0 spiro atoms. The van der Waals surface area contributed by atoms with Gasteiger partial charge >= 0.3 is 13.7 Å². The Kier molecular flexibility index (Phi) is 8.16. The van der Waals surface area contributed by atoms with E-state index in [1.165, 1.54) is 23.8 Å². The lowest BCUT2D eigenvalue weighted by Gasteiger charge is -2.25. The van der Waals surface area contributed by atoms with Crippen LogP contribution in [0.25, 0.3) is 16.3 Å². The average Bonchev–Trinajstić information content (AvgIpc) is 3.53. The molecule has 4 aromatic rings. The number of fused-ring (bicyclic) bond motifs is 2. The van der Waals surface area contributed by atoms with E-state index < -0.39 is 50.3 Å². The molecule has 0 radical (unpaired) electrons. The summed E-state index contributed by atoms with van der Waals surface area (Å²) < 4.78 is 37.9. The van der Waals surface area contributed by atoms with Crippen molar-refractivity contribution in [1.82, 2.24) is 19.7 Å². The highest BCUT2D eigenvalue weighted by molar-refractivity contribution is 7.52. The van der Waals surface area contributed by atoms with E-state index in [0.29, 0.717) is 10.9 Å². The van der Waals surface area contributed by atoms with Crippen molar-refractivity contribution in [2.75, 3.05) is 18.9 Å². The Morgan fingerprint density at radius 1 is 1.26 bits per heavy atom. The first-order valence-electron chi connectivity index (χ1n) is 13.0. The van der Waals surface area contributed by atoms with E-state index in [4.69, 9.17) is 24.3 Å². The number of nitrogens with zero attached hydrogens (tertiary/aromatic N) is 4. The van der Waals surface area contributed by atoms with Crippen molar-refractivity contribution in [1.29, 1.82) is 5.26 Å². The first-order chi connectivity index (χ1) is 20.1. The number of nitrogens with two attached hydrogens (primary N) is 1. The van der Waals surface area contributed by atoms with E-state index in [0.717, 1.165) is 5.39 Å². The number of nitrogen functional groups attached to an aromatic ring is 1. The first kappa shape index (κ1) is 29.4. The summed E-state index contributed by atoms with van der Waals surface area (Å²) in [4.78, 5) is 16.3. The summed E-state index contributed by atoms with van der Waals surface area (Å²) in [6.07, 6.45) is -3.58. The monoisotopic (exact) mass is 596 g/mol. The quantitative estimate of drug-likeness (QED) is 0.153. The minimum absolute atomic E-state index is 0.0902. The van der Waals surface area contributed by atoms with Gasteiger partial charge < -0.3 is 29.9 Å². The highest BCUT2D eigenvalue weighted by Gasteiger charge is 2.58. The molecule has 1 aliphatic heterocycles. The van der Waals surface area contributed by atoms with Gasteiger partial charge in [0.15, 0.2) is 5.82 Å². The van der Waals surface area contributed by atoms with Crippen molar-refractivity contribution in [2.45, 2.75) is 43.8 Å². The van der Waals surface area contributed by atoms with Crippen LogP contribution in [0.3, 0.4) is 0 Å². The van der Waals surface area contributed by atoms with E-state index in [1.54, 1.807) is 37.3 Å². The Bertz CT molecular complexity index is 1700. The minimum atomic E-state index is -4.38. The van der Waals surface area contributed by atoms with Crippen molar-refractivity contribution in [2.24, 2.45) is 0 Å². The predicted octanol–water partition coefficient (Wildman–Crippen LogP) is 2.05. The molecule has 3 heterocycles. The zero-order valence-corrected chi connectivity index (χ0v) is 23.5. The number of carbonyl (C=O) groups is 1. The molecule has 1 unspecified atom stereocenters. The highest BCUT2D eigenvalue weighted by Crippen LogP contribution is 2.48. The number of esters is 1. The molecule has 6 atom stereocenters. The molecule has 5 rings (SSSR count). The summed E-state index contributed by atoms with van der Waals surface area (Å²) in [6.45, 7) is 2.55. The Hall–Kier alpha value is -4.09. The van der Waals surface area contributed by atoms with Crippen molar-refractivity contribution in [3.63, 3.8) is 0 Å². The van der Waals surface area contributed by atoms with Gasteiger partial charge in [0.1, 0.15) is 48.0 Å². The highest BCUT2D eigenvalue weighted by atomic mass is 31.2. The lowest BCUT2D eigenvalue weighted by Crippen LogP contribution is -2.41. The molecule has 1 aliphatic rings. The van der Waals surface area contributed by atoms with Crippen LogP contribution in [0.5, 0.6) is 5.75 Å². The Morgan fingerprint density at radius 3 is 2.79 bits per heavy atom. The van der Waals surface area contributed by atoms with Gasteiger partial charge in [-0.2, -0.15) is 15.4 Å². The van der Waals surface area contributed by atoms with Crippen LogP contribution < -0.4 is 15.3 Å². The summed E-state index contributed by atoms with van der Waals surface area (Å²) in [5.41, 5.74) is 4.26. The number of nitrogens with one attached hydrogen (secondary N) is 1. The zero-order chi connectivity index (χ0) is 30.1. The molecule has 2 aromatic carbocycles. The molecule has 2 aromatic heterocycles. The molecule has 0 bridgehead atoms.